The minimum Gasteiger partial charge on any atom is -0.395 e. The highest BCUT2D eigenvalue weighted by molar-refractivity contribution is 6.30. The van der Waals surface area contributed by atoms with Gasteiger partial charge in [0.2, 0.25) is 0 Å². The summed E-state index contributed by atoms with van der Waals surface area (Å²) in [5.74, 6) is -0.400. The Kier molecular flexibility index (Phi) is 5.47. The highest BCUT2D eigenvalue weighted by atomic mass is 35.5. The van der Waals surface area contributed by atoms with Crippen LogP contribution in [0.25, 0.3) is 0 Å². The van der Waals surface area contributed by atoms with Crippen LogP contribution in [0.1, 0.15) is 11.1 Å². The molecular weight excluding hydrogens is 279 g/mol. The minimum absolute atomic E-state index is 0.0163. The molecule has 0 radical (unpaired) electrons. The van der Waals surface area contributed by atoms with E-state index in [2.05, 4.69) is 4.98 Å². The van der Waals surface area contributed by atoms with E-state index in [-0.39, 0.29) is 11.6 Å². The highest BCUT2D eigenvalue weighted by Gasteiger charge is 2.11. The van der Waals surface area contributed by atoms with Crippen molar-refractivity contribution in [2.45, 2.75) is 13.1 Å². The summed E-state index contributed by atoms with van der Waals surface area (Å²) >= 11 is 5.78. The number of hydrogen-bond donors (Lipinski definition) is 1. The summed E-state index contributed by atoms with van der Waals surface area (Å²) in [6.45, 7) is 1.46. The number of aliphatic hydroxyl groups is 1. The van der Waals surface area contributed by atoms with Gasteiger partial charge in [-0.2, -0.15) is 0 Å². The van der Waals surface area contributed by atoms with E-state index in [9.17, 15) is 4.39 Å². The number of pyridine rings is 1. The molecule has 0 atom stereocenters. The van der Waals surface area contributed by atoms with E-state index in [1.807, 2.05) is 17.0 Å². The lowest BCUT2D eigenvalue weighted by molar-refractivity contribution is 0.182. The van der Waals surface area contributed by atoms with Crippen LogP contribution < -0.4 is 0 Å². The lowest BCUT2D eigenvalue weighted by Crippen LogP contribution is -2.26. The molecule has 0 aliphatic rings. The van der Waals surface area contributed by atoms with E-state index >= 15 is 0 Å². The Labute approximate surface area is 122 Å². The topological polar surface area (TPSA) is 36.4 Å². The fourth-order valence-electron chi connectivity index (χ4n) is 2.02. The molecule has 0 aliphatic heterocycles. The van der Waals surface area contributed by atoms with Gasteiger partial charge >= 0.3 is 0 Å². The van der Waals surface area contributed by atoms with Crippen molar-refractivity contribution in [3.63, 3.8) is 0 Å². The molecule has 1 aromatic heterocycles. The number of rotatable bonds is 6. The van der Waals surface area contributed by atoms with Gasteiger partial charge in [0.05, 0.1) is 11.6 Å². The van der Waals surface area contributed by atoms with Crippen LogP contribution in [0, 0.1) is 5.82 Å². The SMILES string of the molecule is OCCN(Cc1cccnc1)Cc1cccc(Cl)c1F. The van der Waals surface area contributed by atoms with Gasteiger partial charge < -0.3 is 5.11 Å². The number of halogens is 2. The maximum atomic E-state index is 13.9. The van der Waals surface area contributed by atoms with Crippen LogP contribution in [0.4, 0.5) is 4.39 Å². The molecule has 0 spiro atoms. The Balaban J connectivity index is 2.11. The summed E-state index contributed by atoms with van der Waals surface area (Å²) in [7, 11) is 0. The van der Waals surface area contributed by atoms with Gasteiger partial charge in [0, 0.05) is 37.6 Å². The van der Waals surface area contributed by atoms with E-state index in [1.165, 1.54) is 6.07 Å². The van der Waals surface area contributed by atoms with E-state index in [0.717, 1.165) is 5.56 Å². The predicted molar refractivity (Wildman–Crippen MR) is 76.8 cm³/mol. The van der Waals surface area contributed by atoms with Crippen LogP contribution in [0.15, 0.2) is 42.7 Å². The molecular formula is C15H16ClFN2O. The van der Waals surface area contributed by atoms with Crippen molar-refractivity contribution in [2.75, 3.05) is 13.2 Å². The van der Waals surface area contributed by atoms with E-state index in [0.29, 0.717) is 25.2 Å². The molecule has 1 N–H and O–H groups in total. The lowest BCUT2D eigenvalue weighted by atomic mass is 10.2. The van der Waals surface area contributed by atoms with Crippen molar-refractivity contribution >= 4 is 11.6 Å². The highest BCUT2D eigenvalue weighted by Crippen LogP contribution is 2.19. The molecule has 0 unspecified atom stereocenters. The lowest BCUT2D eigenvalue weighted by Gasteiger charge is -2.21. The van der Waals surface area contributed by atoms with Gasteiger partial charge in [-0.1, -0.05) is 29.8 Å². The number of nitrogens with zero attached hydrogens (tertiary/aromatic N) is 2. The molecule has 0 saturated heterocycles. The number of aliphatic hydroxyl groups excluding tert-OH is 1. The molecule has 106 valence electrons. The zero-order valence-electron chi connectivity index (χ0n) is 11.0. The molecule has 1 aromatic carbocycles. The molecule has 0 saturated carbocycles. The van der Waals surface area contributed by atoms with Gasteiger partial charge in [0.25, 0.3) is 0 Å². The van der Waals surface area contributed by atoms with Gasteiger partial charge in [-0.25, -0.2) is 4.39 Å². The second kappa shape index (κ2) is 7.33. The third kappa shape index (κ3) is 4.00. The van der Waals surface area contributed by atoms with Crippen LogP contribution in [0.3, 0.4) is 0 Å². The van der Waals surface area contributed by atoms with Crippen LogP contribution in [-0.2, 0) is 13.1 Å². The summed E-state index contributed by atoms with van der Waals surface area (Å²) in [5, 5.41) is 9.26. The molecule has 0 bridgehead atoms. The summed E-state index contributed by atoms with van der Waals surface area (Å²) in [4.78, 5) is 6.00. The largest absolute Gasteiger partial charge is 0.395 e. The standard InChI is InChI=1S/C15H16ClFN2O/c16-14-5-1-4-13(15(14)17)11-19(7-8-20)10-12-3-2-6-18-9-12/h1-6,9,20H,7-8,10-11H2. The summed E-state index contributed by atoms with van der Waals surface area (Å²) < 4.78 is 13.9. The minimum atomic E-state index is -0.400. The molecule has 0 aliphatic carbocycles. The fraction of sp³-hybridized carbons (Fsp3) is 0.267. The van der Waals surface area contributed by atoms with Gasteiger partial charge in [-0.15, -0.1) is 0 Å². The first-order valence-corrected chi connectivity index (χ1v) is 6.73. The molecule has 2 rings (SSSR count). The fourth-order valence-corrected chi connectivity index (χ4v) is 2.21. The van der Waals surface area contributed by atoms with Crippen LogP contribution in [-0.4, -0.2) is 28.1 Å². The van der Waals surface area contributed by atoms with E-state index < -0.39 is 5.82 Å². The van der Waals surface area contributed by atoms with Gasteiger partial charge in [0.1, 0.15) is 5.82 Å². The normalized spacial score (nSPS) is 11.0. The smallest absolute Gasteiger partial charge is 0.146 e. The average Bonchev–Trinajstić information content (AvgIpc) is 2.45. The Hall–Kier alpha value is -1.49. The maximum Gasteiger partial charge on any atom is 0.146 e. The summed E-state index contributed by atoms with van der Waals surface area (Å²) in [6.07, 6.45) is 3.47. The first-order chi connectivity index (χ1) is 9.70. The Morgan fingerprint density at radius 3 is 2.75 bits per heavy atom. The van der Waals surface area contributed by atoms with Crippen LogP contribution >= 0.6 is 11.6 Å². The zero-order chi connectivity index (χ0) is 14.4. The molecule has 0 amide bonds. The third-order valence-corrected chi connectivity index (χ3v) is 3.26. The molecule has 5 heteroatoms. The first kappa shape index (κ1) is 14.9. The monoisotopic (exact) mass is 294 g/mol. The van der Waals surface area contributed by atoms with Crippen molar-refractivity contribution in [2.24, 2.45) is 0 Å². The van der Waals surface area contributed by atoms with Gasteiger partial charge in [-0.05, 0) is 17.7 Å². The Morgan fingerprint density at radius 2 is 2.05 bits per heavy atom. The van der Waals surface area contributed by atoms with Crippen LogP contribution in [0.2, 0.25) is 5.02 Å². The molecule has 2 aromatic rings. The Morgan fingerprint density at radius 1 is 1.20 bits per heavy atom. The summed E-state index contributed by atoms with van der Waals surface area (Å²) in [5.41, 5.74) is 1.54. The van der Waals surface area contributed by atoms with Crippen molar-refractivity contribution in [3.05, 3.63) is 64.7 Å². The van der Waals surface area contributed by atoms with Crippen molar-refractivity contribution in [1.82, 2.24) is 9.88 Å². The van der Waals surface area contributed by atoms with Gasteiger partial charge in [0.15, 0.2) is 0 Å². The second-order valence-corrected chi connectivity index (χ2v) is 4.92. The van der Waals surface area contributed by atoms with Crippen molar-refractivity contribution in [1.29, 1.82) is 0 Å². The van der Waals surface area contributed by atoms with E-state index in [4.69, 9.17) is 16.7 Å². The molecule has 1 heterocycles. The van der Waals surface area contributed by atoms with Crippen molar-refractivity contribution in [3.8, 4) is 0 Å². The van der Waals surface area contributed by atoms with Gasteiger partial charge in [-0.3, -0.25) is 9.88 Å². The maximum absolute atomic E-state index is 13.9. The first-order valence-electron chi connectivity index (χ1n) is 6.35. The Bertz CT molecular complexity index is 551. The molecule has 0 fully saturated rings. The number of aromatic nitrogens is 1. The zero-order valence-corrected chi connectivity index (χ0v) is 11.7. The summed E-state index contributed by atoms with van der Waals surface area (Å²) in [6, 6.07) is 8.76. The third-order valence-electron chi connectivity index (χ3n) is 2.97. The second-order valence-electron chi connectivity index (χ2n) is 4.51. The number of hydrogen-bond acceptors (Lipinski definition) is 3. The number of benzene rings is 1. The quantitative estimate of drug-likeness (QED) is 0.890. The molecule has 3 nitrogen and oxygen atoms in total. The predicted octanol–water partition coefficient (Wildman–Crippen LogP) is 2.87. The van der Waals surface area contributed by atoms with Crippen LogP contribution in [0.5, 0.6) is 0 Å². The van der Waals surface area contributed by atoms with Crippen molar-refractivity contribution < 1.29 is 9.50 Å². The molecule has 20 heavy (non-hydrogen) atoms. The van der Waals surface area contributed by atoms with E-state index in [1.54, 1.807) is 24.5 Å². The average molecular weight is 295 g/mol.